The van der Waals surface area contributed by atoms with E-state index in [1.807, 2.05) is 19.9 Å². The molecule has 0 saturated carbocycles. The van der Waals surface area contributed by atoms with Gasteiger partial charge in [0, 0.05) is 12.2 Å². The molecule has 1 unspecified atom stereocenters. The van der Waals surface area contributed by atoms with E-state index >= 15 is 0 Å². The molecule has 0 bridgehead atoms. The van der Waals surface area contributed by atoms with Crippen LogP contribution in [0.25, 0.3) is 0 Å². The molecule has 0 fully saturated rings. The molecule has 3 N–H and O–H groups in total. The number of nitrogens with two attached hydrogens (primary N) is 1. The molecule has 0 aliphatic carbocycles. The lowest BCUT2D eigenvalue weighted by atomic mass is 9.94. The fraction of sp³-hybridized carbons (Fsp3) is 0.417. The molecule has 0 radical (unpaired) electrons. The second-order valence-electron chi connectivity index (χ2n) is 4.09. The van der Waals surface area contributed by atoms with Crippen LogP contribution in [0.4, 0.5) is 5.69 Å². The molecule has 0 saturated heterocycles. The molecule has 1 heterocycles. The van der Waals surface area contributed by atoms with Gasteiger partial charge in [0.15, 0.2) is 0 Å². The van der Waals surface area contributed by atoms with Crippen LogP contribution in [0.2, 0.25) is 5.02 Å². The Kier molecular flexibility index (Phi) is 2.91. The minimum absolute atomic E-state index is 0.0590. The number of carbonyl (C=O) groups excluding carboxylic acids is 1. The van der Waals surface area contributed by atoms with Gasteiger partial charge in [-0.25, -0.2) is 0 Å². The van der Waals surface area contributed by atoms with Gasteiger partial charge in [-0.05, 0) is 30.0 Å². The standard InChI is InChI=1S/C12H15ClN2O/c1-3-8-9-4-7(5-14)10(13)6(2)11(9)15-12(8)16/h4,8H,3,5,14H2,1-2H3,(H,15,16). The number of hydrogen-bond acceptors (Lipinski definition) is 2. The smallest absolute Gasteiger partial charge is 0.232 e. The van der Waals surface area contributed by atoms with Crippen LogP contribution >= 0.6 is 11.6 Å². The zero-order valence-electron chi connectivity index (χ0n) is 9.43. The minimum Gasteiger partial charge on any atom is -0.326 e. The third-order valence-electron chi connectivity index (χ3n) is 3.17. The van der Waals surface area contributed by atoms with E-state index in [2.05, 4.69) is 5.32 Å². The number of hydrogen-bond donors (Lipinski definition) is 2. The zero-order valence-corrected chi connectivity index (χ0v) is 10.2. The Morgan fingerprint density at radius 1 is 1.56 bits per heavy atom. The summed E-state index contributed by atoms with van der Waals surface area (Å²) in [5.41, 5.74) is 9.39. The Labute approximate surface area is 100.0 Å². The molecule has 1 amide bonds. The molecule has 0 spiro atoms. The van der Waals surface area contributed by atoms with Crippen molar-refractivity contribution in [2.24, 2.45) is 5.73 Å². The molecule has 0 aromatic heterocycles. The Hall–Kier alpha value is -1.06. The molecule has 86 valence electrons. The molecule has 4 heteroatoms. The summed E-state index contributed by atoms with van der Waals surface area (Å²) in [5, 5.41) is 3.56. The summed E-state index contributed by atoms with van der Waals surface area (Å²) in [6.45, 7) is 4.32. The lowest BCUT2D eigenvalue weighted by Crippen LogP contribution is -2.10. The first-order chi connectivity index (χ1) is 7.60. The van der Waals surface area contributed by atoms with Gasteiger partial charge in [0.25, 0.3) is 0 Å². The van der Waals surface area contributed by atoms with Gasteiger partial charge in [0.05, 0.1) is 10.9 Å². The molecule has 1 aromatic rings. The molecular formula is C12H15ClN2O. The number of fused-ring (bicyclic) bond motifs is 1. The monoisotopic (exact) mass is 238 g/mol. The highest BCUT2D eigenvalue weighted by atomic mass is 35.5. The van der Waals surface area contributed by atoms with Gasteiger partial charge < -0.3 is 11.1 Å². The maximum Gasteiger partial charge on any atom is 0.232 e. The van der Waals surface area contributed by atoms with Gasteiger partial charge in [-0.15, -0.1) is 0 Å². The summed E-state index contributed by atoms with van der Waals surface area (Å²) >= 11 is 6.18. The summed E-state index contributed by atoms with van der Waals surface area (Å²) in [6, 6.07) is 1.96. The second kappa shape index (κ2) is 4.07. The number of carbonyl (C=O) groups is 1. The Morgan fingerprint density at radius 3 is 2.81 bits per heavy atom. The highest BCUT2D eigenvalue weighted by molar-refractivity contribution is 6.33. The Morgan fingerprint density at radius 2 is 2.25 bits per heavy atom. The topological polar surface area (TPSA) is 55.1 Å². The predicted octanol–water partition coefficient (Wildman–Crippen LogP) is 2.55. The van der Waals surface area contributed by atoms with Crippen LogP contribution in [0.1, 0.15) is 36.0 Å². The summed E-state index contributed by atoms with van der Waals surface area (Å²) in [6.07, 6.45) is 0.796. The SMILES string of the molecule is CCC1C(=O)Nc2c1cc(CN)c(Cl)c2C. The summed E-state index contributed by atoms with van der Waals surface area (Å²) in [7, 11) is 0. The van der Waals surface area contributed by atoms with Crippen LogP contribution in [0.15, 0.2) is 6.07 Å². The maximum atomic E-state index is 11.7. The van der Waals surface area contributed by atoms with Gasteiger partial charge in [0.2, 0.25) is 5.91 Å². The van der Waals surface area contributed by atoms with E-state index in [9.17, 15) is 4.79 Å². The average molecular weight is 239 g/mol. The normalized spacial score (nSPS) is 18.5. The third kappa shape index (κ3) is 1.51. The number of anilines is 1. The van der Waals surface area contributed by atoms with E-state index in [1.165, 1.54) is 0 Å². The quantitative estimate of drug-likeness (QED) is 0.832. The van der Waals surface area contributed by atoms with Gasteiger partial charge in [-0.2, -0.15) is 0 Å². The van der Waals surface area contributed by atoms with E-state index in [0.29, 0.717) is 11.6 Å². The second-order valence-corrected chi connectivity index (χ2v) is 4.47. The van der Waals surface area contributed by atoms with Gasteiger partial charge in [0.1, 0.15) is 0 Å². The number of nitrogens with one attached hydrogen (secondary N) is 1. The van der Waals surface area contributed by atoms with Crippen molar-refractivity contribution in [3.63, 3.8) is 0 Å². The molecule has 1 aliphatic rings. The third-order valence-corrected chi connectivity index (χ3v) is 3.70. The first-order valence-electron chi connectivity index (χ1n) is 5.42. The van der Waals surface area contributed by atoms with Crippen molar-refractivity contribution in [3.8, 4) is 0 Å². The van der Waals surface area contributed by atoms with E-state index in [-0.39, 0.29) is 11.8 Å². The molecule has 2 rings (SSSR count). The van der Waals surface area contributed by atoms with Crippen LogP contribution in [0.3, 0.4) is 0 Å². The van der Waals surface area contributed by atoms with Crippen molar-refractivity contribution >= 4 is 23.2 Å². The lowest BCUT2D eigenvalue weighted by Gasteiger charge is -2.12. The summed E-state index contributed by atoms with van der Waals surface area (Å²) in [5.74, 6) is 0.00195. The number of halogens is 1. The Bertz CT molecular complexity index is 457. The van der Waals surface area contributed by atoms with Crippen molar-refractivity contribution in [1.29, 1.82) is 0 Å². The largest absolute Gasteiger partial charge is 0.326 e. The first kappa shape index (κ1) is 11.4. The van der Waals surface area contributed by atoms with Crippen LogP contribution in [-0.4, -0.2) is 5.91 Å². The van der Waals surface area contributed by atoms with Crippen molar-refractivity contribution in [1.82, 2.24) is 0 Å². The molecule has 1 atom stereocenters. The van der Waals surface area contributed by atoms with Crippen molar-refractivity contribution in [2.45, 2.75) is 32.7 Å². The fourth-order valence-corrected chi connectivity index (χ4v) is 2.46. The van der Waals surface area contributed by atoms with E-state index in [0.717, 1.165) is 28.8 Å². The van der Waals surface area contributed by atoms with Crippen LogP contribution < -0.4 is 11.1 Å². The van der Waals surface area contributed by atoms with E-state index < -0.39 is 0 Å². The minimum atomic E-state index is -0.0590. The lowest BCUT2D eigenvalue weighted by molar-refractivity contribution is -0.117. The van der Waals surface area contributed by atoms with Crippen molar-refractivity contribution < 1.29 is 4.79 Å². The van der Waals surface area contributed by atoms with E-state index in [1.54, 1.807) is 0 Å². The van der Waals surface area contributed by atoms with Gasteiger partial charge in [-0.1, -0.05) is 24.6 Å². The van der Waals surface area contributed by atoms with Crippen LogP contribution in [0, 0.1) is 6.92 Å². The molecule has 1 aliphatic heterocycles. The first-order valence-corrected chi connectivity index (χ1v) is 5.80. The average Bonchev–Trinajstić information content (AvgIpc) is 2.59. The highest BCUT2D eigenvalue weighted by Gasteiger charge is 2.31. The van der Waals surface area contributed by atoms with Crippen LogP contribution in [0.5, 0.6) is 0 Å². The number of benzene rings is 1. The van der Waals surface area contributed by atoms with Gasteiger partial charge in [-0.3, -0.25) is 4.79 Å². The fourth-order valence-electron chi connectivity index (χ4n) is 2.24. The van der Waals surface area contributed by atoms with Crippen molar-refractivity contribution in [3.05, 3.63) is 27.8 Å². The number of rotatable bonds is 2. The summed E-state index contributed by atoms with van der Waals surface area (Å²) in [4.78, 5) is 11.7. The molecular weight excluding hydrogens is 224 g/mol. The molecule has 1 aromatic carbocycles. The Balaban J connectivity index is 2.63. The highest BCUT2D eigenvalue weighted by Crippen LogP contribution is 2.41. The molecule has 16 heavy (non-hydrogen) atoms. The summed E-state index contributed by atoms with van der Waals surface area (Å²) < 4.78 is 0. The maximum absolute atomic E-state index is 11.7. The zero-order chi connectivity index (χ0) is 11.9. The molecule has 3 nitrogen and oxygen atoms in total. The number of amides is 1. The van der Waals surface area contributed by atoms with Crippen molar-refractivity contribution in [2.75, 3.05) is 5.32 Å². The van der Waals surface area contributed by atoms with E-state index in [4.69, 9.17) is 17.3 Å². The van der Waals surface area contributed by atoms with Gasteiger partial charge >= 0.3 is 0 Å². The predicted molar refractivity (Wildman–Crippen MR) is 65.7 cm³/mol. The van der Waals surface area contributed by atoms with Crippen LogP contribution in [-0.2, 0) is 11.3 Å².